The zero-order chi connectivity index (χ0) is 16.0. The van der Waals surface area contributed by atoms with E-state index in [4.69, 9.17) is 15.6 Å². The van der Waals surface area contributed by atoms with Crippen molar-refractivity contribution in [2.45, 2.75) is 38.6 Å². The molecule has 0 aliphatic carbocycles. The third-order valence-electron chi connectivity index (χ3n) is 3.39. The second kappa shape index (κ2) is 7.03. The Labute approximate surface area is 122 Å². The van der Waals surface area contributed by atoms with E-state index in [0.29, 0.717) is 12.8 Å². The van der Waals surface area contributed by atoms with Crippen LogP contribution in [-0.2, 0) is 4.79 Å². The maximum atomic E-state index is 11.0. The molecule has 1 aromatic rings. The summed E-state index contributed by atoms with van der Waals surface area (Å²) in [4.78, 5) is 21.5. The Kier molecular flexibility index (Phi) is 5.66. The summed E-state index contributed by atoms with van der Waals surface area (Å²) in [6.07, 6.45) is 0.965. The Balaban J connectivity index is 2.61. The SMILES string of the molecule is CCC(N)(CCCOc1ccc(C)cc1[N+](=O)[O-])C(=O)O. The van der Waals surface area contributed by atoms with E-state index in [2.05, 4.69) is 0 Å². The highest BCUT2D eigenvalue weighted by Gasteiger charge is 2.31. The molecule has 1 rings (SSSR count). The van der Waals surface area contributed by atoms with E-state index in [0.717, 1.165) is 5.56 Å². The molecule has 21 heavy (non-hydrogen) atoms. The van der Waals surface area contributed by atoms with Crippen molar-refractivity contribution in [3.8, 4) is 5.75 Å². The second-order valence-corrected chi connectivity index (χ2v) is 5.00. The summed E-state index contributed by atoms with van der Waals surface area (Å²) in [6, 6.07) is 4.70. The lowest BCUT2D eigenvalue weighted by Gasteiger charge is -2.22. The Morgan fingerprint density at radius 3 is 2.71 bits per heavy atom. The van der Waals surface area contributed by atoms with Crippen molar-refractivity contribution >= 4 is 11.7 Å². The molecule has 1 atom stereocenters. The minimum atomic E-state index is -1.28. The molecule has 116 valence electrons. The zero-order valence-corrected chi connectivity index (χ0v) is 12.2. The molecule has 0 aromatic heterocycles. The number of carboxylic acid groups (broad SMARTS) is 1. The third kappa shape index (κ3) is 4.42. The zero-order valence-electron chi connectivity index (χ0n) is 12.2. The van der Waals surface area contributed by atoms with Crippen molar-refractivity contribution in [1.29, 1.82) is 0 Å². The van der Waals surface area contributed by atoms with Crippen molar-refractivity contribution in [1.82, 2.24) is 0 Å². The summed E-state index contributed by atoms with van der Waals surface area (Å²) in [7, 11) is 0. The van der Waals surface area contributed by atoms with Gasteiger partial charge in [0.05, 0.1) is 11.5 Å². The van der Waals surface area contributed by atoms with Crippen LogP contribution in [0.25, 0.3) is 0 Å². The lowest BCUT2D eigenvalue weighted by molar-refractivity contribution is -0.385. The first kappa shape index (κ1) is 16.9. The van der Waals surface area contributed by atoms with Gasteiger partial charge in [-0.25, -0.2) is 0 Å². The van der Waals surface area contributed by atoms with Gasteiger partial charge in [0.15, 0.2) is 5.75 Å². The minimum absolute atomic E-state index is 0.0947. The van der Waals surface area contributed by atoms with Gasteiger partial charge in [-0.1, -0.05) is 13.0 Å². The molecule has 0 aliphatic heterocycles. The highest BCUT2D eigenvalue weighted by atomic mass is 16.6. The predicted octanol–water partition coefficient (Wildman–Crippen LogP) is 2.25. The van der Waals surface area contributed by atoms with Crippen LogP contribution in [0.3, 0.4) is 0 Å². The van der Waals surface area contributed by atoms with Gasteiger partial charge >= 0.3 is 11.7 Å². The smallest absolute Gasteiger partial charge is 0.323 e. The molecule has 0 fully saturated rings. The summed E-state index contributed by atoms with van der Waals surface area (Å²) in [5.41, 5.74) is 5.15. The van der Waals surface area contributed by atoms with Gasteiger partial charge in [0.25, 0.3) is 0 Å². The molecule has 3 N–H and O–H groups in total. The van der Waals surface area contributed by atoms with Gasteiger partial charge in [0.2, 0.25) is 0 Å². The van der Waals surface area contributed by atoms with Crippen molar-refractivity contribution in [2.24, 2.45) is 5.73 Å². The number of hydrogen-bond donors (Lipinski definition) is 2. The summed E-state index contributed by atoms with van der Waals surface area (Å²) in [5.74, 6) is -0.869. The van der Waals surface area contributed by atoms with E-state index in [1.807, 2.05) is 0 Å². The molecule has 0 saturated carbocycles. The molecule has 1 unspecified atom stereocenters. The number of rotatable bonds is 8. The summed E-state index contributed by atoms with van der Waals surface area (Å²) in [6.45, 7) is 3.64. The van der Waals surface area contributed by atoms with Crippen molar-refractivity contribution < 1.29 is 19.6 Å². The Bertz CT molecular complexity index is 532. The van der Waals surface area contributed by atoms with Gasteiger partial charge in [-0.3, -0.25) is 14.9 Å². The topological polar surface area (TPSA) is 116 Å². The number of nitrogens with two attached hydrogens (primary N) is 1. The van der Waals surface area contributed by atoms with E-state index < -0.39 is 16.4 Å². The maximum absolute atomic E-state index is 11.0. The number of aryl methyl sites for hydroxylation is 1. The number of carboxylic acids is 1. The number of nitro groups is 1. The van der Waals surface area contributed by atoms with E-state index >= 15 is 0 Å². The summed E-state index contributed by atoms with van der Waals surface area (Å²) >= 11 is 0. The maximum Gasteiger partial charge on any atom is 0.323 e. The highest BCUT2D eigenvalue weighted by Crippen LogP contribution is 2.28. The van der Waals surface area contributed by atoms with Crippen LogP contribution in [0.1, 0.15) is 31.7 Å². The lowest BCUT2D eigenvalue weighted by Crippen LogP contribution is -2.47. The number of hydrogen-bond acceptors (Lipinski definition) is 5. The van der Waals surface area contributed by atoms with Crippen LogP contribution in [0.4, 0.5) is 5.69 Å². The van der Waals surface area contributed by atoms with Crippen LogP contribution in [0, 0.1) is 17.0 Å². The van der Waals surface area contributed by atoms with Crippen LogP contribution in [0.15, 0.2) is 18.2 Å². The first-order chi connectivity index (χ1) is 9.80. The van der Waals surface area contributed by atoms with E-state index in [-0.39, 0.29) is 24.5 Å². The molecule has 0 amide bonds. The summed E-state index contributed by atoms with van der Waals surface area (Å²) < 4.78 is 5.38. The fraction of sp³-hybridized carbons (Fsp3) is 0.500. The molecule has 0 saturated heterocycles. The van der Waals surface area contributed by atoms with Gasteiger partial charge in [-0.05, 0) is 37.8 Å². The van der Waals surface area contributed by atoms with Crippen LogP contribution in [0.2, 0.25) is 0 Å². The molecule has 0 spiro atoms. The van der Waals surface area contributed by atoms with Crippen LogP contribution in [-0.4, -0.2) is 28.1 Å². The van der Waals surface area contributed by atoms with Gasteiger partial charge < -0.3 is 15.6 Å². The Hall–Kier alpha value is -2.15. The van der Waals surface area contributed by atoms with Crippen LogP contribution >= 0.6 is 0 Å². The largest absolute Gasteiger partial charge is 0.487 e. The third-order valence-corrected chi connectivity index (χ3v) is 3.39. The number of carbonyl (C=O) groups is 1. The quantitative estimate of drug-likeness (QED) is 0.432. The predicted molar refractivity (Wildman–Crippen MR) is 77.4 cm³/mol. The second-order valence-electron chi connectivity index (χ2n) is 5.00. The standard InChI is InChI=1S/C14H20N2O5/c1-3-14(15,13(17)18)7-4-8-21-12-6-5-10(2)9-11(12)16(19)20/h5-6,9H,3-4,7-8,15H2,1-2H3,(H,17,18). The molecule has 0 radical (unpaired) electrons. The van der Waals surface area contributed by atoms with Gasteiger partial charge in [-0.15, -0.1) is 0 Å². The highest BCUT2D eigenvalue weighted by molar-refractivity contribution is 5.78. The van der Waals surface area contributed by atoms with E-state index in [1.54, 1.807) is 26.0 Å². The first-order valence-electron chi connectivity index (χ1n) is 6.70. The Morgan fingerprint density at radius 1 is 1.52 bits per heavy atom. The Morgan fingerprint density at radius 2 is 2.19 bits per heavy atom. The van der Waals surface area contributed by atoms with E-state index in [1.165, 1.54) is 6.07 Å². The first-order valence-corrected chi connectivity index (χ1v) is 6.70. The molecule has 1 aromatic carbocycles. The van der Waals surface area contributed by atoms with E-state index in [9.17, 15) is 14.9 Å². The number of nitrogens with zero attached hydrogens (tertiary/aromatic N) is 1. The molecular formula is C14H20N2O5. The average molecular weight is 296 g/mol. The van der Waals surface area contributed by atoms with Crippen molar-refractivity contribution in [3.63, 3.8) is 0 Å². The molecule has 0 heterocycles. The minimum Gasteiger partial charge on any atom is -0.487 e. The number of nitro benzene ring substituents is 1. The lowest BCUT2D eigenvalue weighted by atomic mass is 9.92. The number of aliphatic carboxylic acids is 1. The van der Waals surface area contributed by atoms with Gasteiger partial charge in [-0.2, -0.15) is 0 Å². The molecule has 7 nitrogen and oxygen atoms in total. The van der Waals surface area contributed by atoms with Crippen molar-refractivity contribution in [3.05, 3.63) is 33.9 Å². The monoisotopic (exact) mass is 296 g/mol. The molecule has 0 aliphatic rings. The molecular weight excluding hydrogens is 276 g/mol. The summed E-state index contributed by atoms with van der Waals surface area (Å²) in [5, 5.41) is 20.0. The fourth-order valence-corrected chi connectivity index (χ4v) is 1.90. The molecule has 7 heteroatoms. The van der Waals surface area contributed by atoms with Gasteiger partial charge in [0.1, 0.15) is 5.54 Å². The average Bonchev–Trinajstić information content (AvgIpc) is 2.44. The van der Waals surface area contributed by atoms with Crippen LogP contribution < -0.4 is 10.5 Å². The molecule has 0 bridgehead atoms. The normalized spacial score (nSPS) is 13.5. The van der Waals surface area contributed by atoms with Crippen molar-refractivity contribution in [2.75, 3.05) is 6.61 Å². The number of benzene rings is 1. The van der Waals surface area contributed by atoms with Gasteiger partial charge in [0, 0.05) is 6.07 Å². The number of ether oxygens (including phenoxy) is 1. The fourth-order valence-electron chi connectivity index (χ4n) is 1.90. The van der Waals surface area contributed by atoms with Crippen LogP contribution in [0.5, 0.6) is 5.75 Å².